The van der Waals surface area contributed by atoms with Crippen molar-refractivity contribution in [2.45, 2.75) is 19.4 Å². The van der Waals surface area contributed by atoms with Gasteiger partial charge in [-0.1, -0.05) is 13.0 Å². The van der Waals surface area contributed by atoms with Crippen LogP contribution in [0.2, 0.25) is 0 Å². The van der Waals surface area contributed by atoms with Crippen LogP contribution in [0, 0.1) is 11.6 Å². The number of aromatic nitrogens is 2. The molecule has 24 heavy (non-hydrogen) atoms. The van der Waals surface area contributed by atoms with E-state index in [9.17, 15) is 23.5 Å². The summed E-state index contributed by atoms with van der Waals surface area (Å²) in [5.41, 5.74) is 5.14. The quantitative estimate of drug-likeness (QED) is 0.809. The molecule has 9 heteroatoms. The number of esters is 1. The third-order valence-corrected chi connectivity index (χ3v) is 3.55. The fourth-order valence-electron chi connectivity index (χ4n) is 2.49. The number of hydrogen-bond donors (Lipinski definition) is 2. The summed E-state index contributed by atoms with van der Waals surface area (Å²) >= 11 is 0. The number of carbonyl (C=O) groups is 2. The molecule has 0 saturated carbocycles. The molecule has 1 heterocycles. The Bertz CT molecular complexity index is 804. The van der Waals surface area contributed by atoms with Gasteiger partial charge in [0.2, 0.25) is 5.95 Å². The van der Waals surface area contributed by atoms with Crippen molar-refractivity contribution in [1.29, 1.82) is 0 Å². The molecule has 0 aliphatic carbocycles. The van der Waals surface area contributed by atoms with Crippen LogP contribution in [0.3, 0.4) is 0 Å². The molecule has 1 atom stereocenters. The lowest BCUT2D eigenvalue weighted by Gasteiger charge is -2.20. The Kier molecular flexibility index (Phi) is 4.82. The van der Waals surface area contributed by atoms with Gasteiger partial charge in [-0.25, -0.2) is 23.4 Å². The van der Waals surface area contributed by atoms with Crippen LogP contribution in [0.15, 0.2) is 18.2 Å². The largest absolute Gasteiger partial charge is 0.476 e. The molecular formula is C15H15F2N3O4. The highest BCUT2D eigenvalue weighted by molar-refractivity contribution is 6.00. The summed E-state index contributed by atoms with van der Waals surface area (Å²) in [4.78, 5) is 27.0. The number of benzene rings is 1. The first kappa shape index (κ1) is 17.4. The van der Waals surface area contributed by atoms with Crippen molar-refractivity contribution >= 4 is 17.9 Å². The molecule has 3 N–H and O–H groups in total. The van der Waals surface area contributed by atoms with Crippen molar-refractivity contribution in [2.75, 3.05) is 12.8 Å². The standard InChI is InChI=1S/C15H15F2N3O4/c1-3-10(7-4-5-8(16)9(17)6-7)20-12(14(23)24-2)11(13(21)22)19-15(20)18/h4-6,10H,3H2,1-2H3,(H2,18,19)(H,21,22). The third kappa shape index (κ3) is 2.92. The molecular weight excluding hydrogens is 324 g/mol. The summed E-state index contributed by atoms with van der Waals surface area (Å²) in [5, 5.41) is 9.20. The van der Waals surface area contributed by atoms with Crippen molar-refractivity contribution in [2.24, 2.45) is 0 Å². The lowest BCUT2D eigenvalue weighted by Crippen LogP contribution is -2.20. The first-order valence-electron chi connectivity index (χ1n) is 6.96. The van der Waals surface area contributed by atoms with Crippen LogP contribution in [0.4, 0.5) is 14.7 Å². The van der Waals surface area contributed by atoms with Gasteiger partial charge in [-0.05, 0) is 24.1 Å². The van der Waals surface area contributed by atoms with E-state index in [0.29, 0.717) is 12.0 Å². The minimum atomic E-state index is -1.46. The molecule has 0 radical (unpaired) electrons. The Morgan fingerprint density at radius 3 is 2.54 bits per heavy atom. The summed E-state index contributed by atoms with van der Waals surface area (Å²) in [5.74, 6) is -4.74. The van der Waals surface area contributed by atoms with E-state index >= 15 is 0 Å². The molecule has 0 aliphatic rings. The highest BCUT2D eigenvalue weighted by Crippen LogP contribution is 2.29. The molecule has 1 aromatic carbocycles. The van der Waals surface area contributed by atoms with Crippen molar-refractivity contribution in [1.82, 2.24) is 9.55 Å². The molecule has 0 spiro atoms. The molecule has 1 unspecified atom stereocenters. The van der Waals surface area contributed by atoms with Gasteiger partial charge in [0.05, 0.1) is 13.2 Å². The molecule has 2 aromatic rings. The number of aromatic carboxylic acids is 1. The number of rotatable bonds is 5. The van der Waals surface area contributed by atoms with E-state index in [1.807, 2.05) is 0 Å². The Labute approximate surface area is 135 Å². The van der Waals surface area contributed by atoms with Crippen LogP contribution in [-0.4, -0.2) is 33.7 Å². The SMILES string of the molecule is CCC(c1ccc(F)c(F)c1)n1c(N)nc(C(=O)O)c1C(=O)OC. The van der Waals surface area contributed by atoms with Crippen molar-refractivity contribution < 1.29 is 28.2 Å². The molecule has 2 rings (SSSR count). The number of carbonyl (C=O) groups excluding carboxylic acids is 1. The highest BCUT2D eigenvalue weighted by Gasteiger charge is 2.31. The minimum Gasteiger partial charge on any atom is -0.476 e. The number of nitrogen functional groups attached to an aromatic ring is 1. The number of anilines is 1. The topological polar surface area (TPSA) is 107 Å². The number of halogens is 2. The van der Waals surface area contributed by atoms with Gasteiger partial charge in [-0.15, -0.1) is 0 Å². The monoisotopic (exact) mass is 339 g/mol. The average molecular weight is 339 g/mol. The van der Waals surface area contributed by atoms with Crippen molar-refractivity contribution in [3.63, 3.8) is 0 Å². The second kappa shape index (κ2) is 6.65. The Balaban J connectivity index is 2.69. The van der Waals surface area contributed by atoms with Crippen LogP contribution >= 0.6 is 0 Å². The number of imidazole rings is 1. The summed E-state index contributed by atoms with van der Waals surface area (Å²) in [6, 6.07) is 2.50. The maximum Gasteiger partial charge on any atom is 0.357 e. The van der Waals surface area contributed by atoms with Gasteiger partial charge < -0.3 is 15.6 Å². The number of nitrogens with zero attached hydrogens (tertiary/aromatic N) is 2. The van der Waals surface area contributed by atoms with Crippen molar-refractivity contribution in [3.05, 3.63) is 46.8 Å². The Hall–Kier alpha value is -2.97. The zero-order valence-electron chi connectivity index (χ0n) is 12.9. The lowest BCUT2D eigenvalue weighted by molar-refractivity contribution is 0.0568. The molecule has 0 aliphatic heterocycles. The van der Waals surface area contributed by atoms with E-state index in [0.717, 1.165) is 23.8 Å². The van der Waals surface area contributed by atoms with Crippen LogP contribution in [-0.2, 0) is 4.74 Å². The fraction of sp³-hybridized carbons (Fsp3) is 0.267. The van der Waals surface area contributed by atoms with E-state index in [2.05, 4.69) is 9.72 Å². The summed E-state index contributed by atoms with van der Waals surface area (Å²) < 4.78 is 32.4. The maximum absolute atomic E-state index is 13.5. The minimum absolute atomic E-state index is 0.246. The Morgan fingerprint density at radius 2 is 2.04 bits per heavy atom. The predicted molar refractivity (Wildman–Crippen MR) is 79.7 cm³/mol. The van der Waals surface area contributed by atoms with E-state index in [-0.39, 0.29) is 11.6 Å². The molecule has 1 aromatic heterocycles. The van der Waals surface area contributed by atoms with Crippen LogP contribution in [0.5, 0.6) is 0 Å². The number of nitrogens with two attached hydrogens (primary N) is 1. The first-order valence-corrected chi connectivity index (χ1v) is 6.96. The van der Waals surface area contributed by atoms with Crippen molar-refractivity contribution in [3.8, 4) is 0 Å². The predicted octanol–water partition coefficient (Wildman–Crippen LogP) is 2.23. The molecule has 0 saturated heterocycles. The summed E-state index contributed by atoms with van der Waals surface area (Å²) in [6.07, 6.45) is 0.314. The van der Waals surface area contributed by atoms with Gasteiger partial charge in [0.15, 0.2) is 23.0 Å². The van der Waals surface area contributed by atoms with E-state index in [4.69, 9.17) is 5.73 Å². The zero-order chi connectivity index (χ0) is 18.0. The van der Waals surface area contributed by atoms with Gasteiger partial charge in [-0.2, -0.15) is 0 Å². The average Bonchev–Trinajstić information content (AvgIpc) is 2.89. The maximum atomic E-state index is 13.5. The van der Waals surface area contributed by atoms with Gasteiger partial charge in [0.1, 0.15) is 0 Å². The van der Waals surface area contributed by atoms with E-state index in [1.165, 1.54) is 6.07 Å². The summed E-state index contributed by atoms with van der Waals surface area (Å²) in [6.45, 7) is 1.72. The van der Waals surface area contributed by atoms with Gasteiger partial charge >= 0.3 is 11.9 Å². The van der Waals surface area contributed by atoms with E-state index < -0.39 is 35.3 Å². The lowest BCUT2D eigenvalue weighted by atomic mass is 10.0. The second-order valence-corrected chi connectivity index (χ2v) is 4.93. The molecule has 0 amide bonds. The summed E-state index contributed by atoms with van der Waals surface area (Å²) in [7, 11) is 1.08. The molecule has 7 nitrogen and oxygen atoms in total. The van der Waals surface area contributed by atoms with Crippen LogP contribution in [0.25, 0.3) is 0 Å². The number of carboxylic acids is 1. The van der Waals surface area contributed by atoms with Gasteiger partial charge in [0, 0.05) is 0 Å². The third-order valence-electron chi connectivity index (χ3n) is 3.55. The van der Waals surface area contributed by atoms with E-state index in [1.54, 1.807) is 6.92 Å². The normalized spacial score (nSPS) is 12.0. The highest BCUT2D eigenvalue weighted by atomic mass is 19.2. The second-order valence-electron chi connectivity index (χ2n) is 4.93. The smallest absolute Gasteiger partial charge is 0.357 e. The van der Waals surface area contributed by atoms with Crippen LogP contribution < -0.4 is 5.73 Å². The number of carboxylic acid groups (broad SMARTS) is 1. The number of hydrogen-bond acceptors (Lipinski definition) is 5. The Morgan fingerprint density at radius 1 is 1.38 bits per heavy atom. The van der Waals surface area contributed by atoms with Gasteiger partial charge in [0.25, 0.3) is 0 Å². The first-order chi connectivity index (χ1) is 11.3. The molecule has 0 bridgehead atoms. The zero-order valence-corrected chi connectivity index (χ0v) is 12.9. The number of ether oxygens (including phenoxy) is 1. The number of methoxy groups -OCH3 is 1. The van der Waals surface area contributed by atoms with Crippen LogP contribution in [0.1, 0.15) is 45.9 Å². The van der Waals surface area contributed by atoms with Gasteiger partial charge in [-0.3, -0.25) is 4.57 Å². The molecule has 0 fully saturated rings. The molecule has 128 valence electrons. The fourth-order valence-corrected chi connectivity index (χ4v) is 2.49.